The summed E-state index contributed by atoms with van der Waals surface area (Å²) in [5.74, 6) is -0.201. The van der Waals surface area contributed by atoms with Crippen LogP contribution in [0.4, 0.5) is 5.69 Å². The standard InChI is InChI=1S/C12H10N4O/c17-12(11-6-13-7-15-11)16-9-2-1-8-3-4-14-10(8)5-9/h1-7,14H,(H,13,15)(H,16,17). The number of aromatic amines is 2. The highest BCUT2D eigenvalue weighted by atomic mass is 16.1. The summed E-state index contributed by atoms with van der Waals surface area (Å²) >= 11 is 0. The van der Waals surface area contributed by atoms with Gasteiger partial charge in [-0.1, -0.05) is 6.07 Å². The van der Waals surface area contributed by atoms with Gasteiger partial charge in [-0.15, -0.1) is 0 Å². The minimum Gasteiger partial charge on any atom is -0.361 e. The molecule has 17 heavy (non-hydrogen) atoms. The predicted molar refractivity (Wildman–Crippen MR) is 64.8 cm³/mol. The molecule has 0 atom stereocenters. The molecule has 84 valence electrons. The van der Waals surface area contributed by atoms with E-state index < -0.39 is 0 Å². The lowest BCUT2D eigenvalue weighted by Crippen LogP contribution is -2.11. The van der Waals surface area contributed by atoms with Gasteiger partial charge in [-0.2, -0.15) is 0 Å². The first-order chi connectivity index (χ1) is 8.33. The Kier molecular flexibility index (Phi) is 2.15. The molecule has 0 saturated heterocycles. The molecule has 1 amide bonds. The van der Waals surface area contributed by atoms with Crippen molar-refractivity contribution in [3.63, 3.8) is 0 Å². The number of carbonyl (C=O) groups excluding carboxylic acids is 1. The van der Waals surface area contributed by atoms with Gasteiger partial charge in [0.1, 0.15) is 5.69 Å². The van der Waals surface area contributed by atoms with Crippen molar-refractivity contribution in [2.24, 2.45) is 0 Å². The van der Waals surface area contributed by atoms with Gasteiger partial charge in [0.05, 0.1) is 12.5 Å². The molecule has 5 heteroatoms. The Bertz CT molecular complexity index is 654. The summed E-state index contributed by atoms with van der Waals surface area (Å²) in [6, 6.07) is 7.69. The van der Waals surface area contributed by atoms with E-state index in [2.05, 4.69) is 20.3 Å². The summed E-state index contributed by atoms with van der Waals surface area (Å²) in [6.07, 6.45) is 4.83. The van der Waals surface area contributed by atoms with Crippen LogP contribution in [0.1, 0.15) is 10.5 Å². The van der Waals surface area contributed by atoms with Crippen LogP contribution in [0.3, 0.4) is 0 Å². The number of rotatable bonds is 2. The van der Waals surface area contributed by atoms with Crippen LogP contribution in [-0.4, -0.2) is 20.9 Å². The van der Waals surface area contributed by atoms with Crippen molar-refractivity contribution in [2.45, 2.75) is 0 Å². The Balaban J connectivity index is 1.87. The number of amides is 1. The lowest BCUT2D eigenvalue weighted by atomic mass is 10.2. The number of benzene rings is 1. The summed E-state index contributed by atoms with van der Waals surface area (Å²) in [5, 5.41) is 3.91. The van der Waals surface area contributed by atoms with Crippen LogP contribution >= 0.6 is 0 Å². The molecule has 0 fully saturated rings. The molecule has 2 heterocycles. The molecule has 3 N–H and O–H groups in total. The Hall–Kier alpha value is -2.56. The van der Waals surface area contributed by atoms with Crippen LogP contribution in [0.5, 0.6) is 0 Å². The third kappa shape index (κ3) is 1.78. The molecule has 5 nitrogen and oxygen atoms in total. The molecule has 1 aromatic carbocycles. The maximum atomic E-state index is 11.8. The minimum absolute atomic E-state index is 0.201. The van der Waals surface area contributed by atoms with Crippen LogP contribution in [0, 0.1) is 0 Å². The van der Waals surface area contributed by atoms with E-state index >= 15 is 0 Å². The van der Waals surface area contributed by atoms with Crippen molar-refractivity contribution < 1.29 is 4.79 Å². The van der Waals surface area contributed by atoms with E-state index in [0.29, 0.717) is 5.69 Å². The molecular formula is C12H10N4O. The quantitative estimate of drug-likeness (QED) is 0.626. The van der Waals surface area contributed by atoms with Crippen LogP contribution < -0.4 is 5.32 Å². The second-order valence-electron chi connectivity index (χ2n) is 3.70. The maximum absolute atomic E-state index is 11.8. The molecule has 0 saturated carbocycles. The molecule has 0 aliphatic carbocycles. The fraction of sp³-hybridized carbons (Fsp3) is 0. The monoisotopic (exact) mass is 226 g/mol. The predicted octanol–water partition coefficient (Wildman–Crippen LogP) is 2.14. The van der Waals surface area contributed by atoms with Crippen LogP contribution in [0.15, 0.2) is 43.0 Å². The smallest absolute Gasteiger partial charge is 0.273 e. The summed E-state index contributed by atoms with van der Waals surface area (Å²) < 4.78 is 0. The van der Waals surface area contributed by atoms with E-state index in [0.717, 1.165) is 16.6 Å². The number of H-pyrrole nitrogens is 2. The Morgan fingerprint density at radius 2 is 2.18 bits per heavy atom. The topological polar surface area (TPSA) is 73.6 Å². The number of nitrogens with zero attached hydrogens (tertiary/aromatic N) is 1. The summed E-state index contributed by atoms with van der Waals surface area (Å²) in [6.45, 7) is 0. The van der Waals surface area contributed by atoms with Crippen molar-refractivity contribution in [1.82, 2.24) is 15.0 Å². The number of nitrogens with one attached hydrogen (secondary N) is 3. The molecular weight excluding hydrogens is 216 g/mol. The highest BCUT2D eigenvalue weighted by Gasteiger charge is 2.07. The van der Waals surface area contributed by atoms with Gasteiger partial charge in [-0.25, -0.2) is 4.98 Å². The summed E-state index contributed by atoms with van der Waals surface area (Å²) in [7, 11) is 0. The molecule has 2 aromatic heterocycles. The number of anilines is 1. The fourth-order valence-electron chi connectivity index (χ4n) is 1.70. The molecule has 0 bridgehead atoms. The number of fused-ring (bicyclic) bond motifs is 1. The average molecular weight is 226 g/mol. The summed E-state index contributed by atoms with van der Waals surface area (Å²) in [4.78, 5) is 21.4. The third-order valence-corrected chi connectivity index (χ3v) is 2.56. The zero-order valence-electron chi connectivity index (χ0n) is 8.90. The van der Waals surface area contributed by atoms with E-state index in [4.69, 9.17) is 0 Å². The first kappa shape index (κ1) is 9.65. The molecule has 0 aliphatic rings. The molecule has 0 aliphatic heterocycles. The molecule has 3 rings (SSSR count). The highest BCUT2D eigenvalue weighted by molar-refractivity contribution is 6.03. The van der Waals surface area contributed by atoms with Crippen molar-refractivity contribution >= 4 is 22.5 Å². The lowest BCUT2D eigenvalue weighted by molar-refractivity contribution is 0.102. The number of hydrogen-bond donors (Lipinski definition) is 3. The van der Waals surface area contributed by atoms with Gasteiger partial charge in [0.2, 0.25) is 0 Å². The Labute approximate surface area is 96.9 Å². The van der Waals surface area contributed by atoms with Gasteiger partial charge < -0.3 is 15.3 Å². The Morgan fingerprint density at radius 3 is 3.00 bits per heavy atom. The van der Waals surface area contributed by atoms with Crippen LogP contribution in [0.2, 0.25) is 0 Å². The van der Waals surface area contributed by atoms with Crippen LogP contribution in [0.25, 0.3) is 10.9 Å². The second kappa shape index (κ2) is 3.79. The third-order valence-electron chi connectivity index (χ3n) is 2.56. The van der Waals surface area contributed by atoms with Gasteiger partial charge in [-0.3, -0.25) is 4.79 Å². The minimum atomic E-state index is -0.201. The number of carbonyl (C=O) groups is 1. The molecule has 3 aromatic rings. The fourth-order valence-corrected chi connectivity index (χ4v) is 1.70. The highest BCUT2D eigenvalue weighted by Crippen LogP contribution is 2.17. The Morgan fingerprint density at radius 1 is 1.24 bits per heavy atom. The second-order valence-corrected chi connectivity index (χ2v) is 3.70. The van der Waals surface area contributed by atoms with E-state index in [1.165, 1.54) is 12.5 Å². The van der Waals surface area contributed by atoms with Crippen LogP contribution in [-0.2, 0) is 0 Å². The van der Waals surface area contributed by atoms with E-state index in [9.17, 15) is 4.79 Å². The molecule has 0 unspecified atom stereocenters. The zero-order valence-corrected chi connectivity index (χ0v) is 8.90. The molecule has 0 spiro atoms. The van der Waals surface area contributed by atoms with Crippen molar-refractivity contribution in [1.29, 1.82) is 0 Å². The van der Waals surface area contributed by atoms with Gasteiger partial charge in [0, 0.05) is 17.4 Å². The van der Waals surface area contributed by atoms with Crippen molar-refractivity contribution in [3.05, 3.63) is 48.7 Å². The average Bonchev–Trinajstić information content (AvgIpc) is 2.99. The largest absolute Gasteiger partial charge is 0.361 e. The summed E-state index contributed by atoms with van der Waals surface area (Å²) in [5.41, 5.74) is 2.18. The van der Waals surface area contributed by atoms with Crippen molar-refractivity contribution in [3.8, 4) is 0 Å². The van der Waals surface area contributed by atoms with Gasteiger partial charge >= 0.3 is 0 Å². The SMILES string of the molecule is O=C(Nc1ccc2cc[nH]c2c1)c1cnc[nH]1. The zero-order chi connectivity index (χ0) is 11.7. The normalized spacial score (nSPS) is 10.6. The van der Waals surface area contributed by atoms with E-state index in [1.807, 2.05) is 30.5 Å². The lowest BCUT2D eigenvalue weighted by Gasteiger charge is -2.03. The van der Waals surface area contributed by atoms with Crippen molar-refractivity contribution in [2.75, 3.05) is 5.32 Å². The van der Waals surface area contributed by atoms with E-state index in [1.54, 1.807) is 0 Å². The van der Waals surface area contributed by atoms with E-state index in [-0.39, 0.29) is 5.91 Å². The number of hydrogen-bond acceptors (Lipinski definition) is 2. The number of aromatic nitrogens is 3. The van der Waals surface area contributed by atoms with Gasteiger partial charge in [0.15, 0.2) is 0 Å². The number of imidazole rings is 1. The maximum Gasteiger partial charge on any atom is 0.273 e. The first-order valence-corrected chi connectivity index (χ1v) is 5.20. The first-order valence-electron chi connectivity index (χ1n) is 5.20. The molecule has 0 radical (unpaired) electrons. The van der Waals surface area contributed by atoms with Gasteiger partial charge in [-0.05, 0) is 23.6 Å². The van der Waals surface area contributed by atoms with Gasteiger partial charge in [0.25, 0.3) is 5.91 Å².